The van der Waals surface area contributed by atoms with Crippen LogP contribution in [0.1, 0.15) is 35.3 Å². The van der Waals surface area contributed by atoms with Gasteiger partial charge in [0.25, 0.3) is 5.91 Å². The Morgan fingerprint density at radius 1 is 1.21 bits per heavy atom. The maximum absolute atomic E-state index is 13.5. The Hall–Kier alpha value is -4.00. The average molecular weight is 592 g/mol. The minimum atomic E-state index is -0.404. The van der Waals surface area contributed by atoms with Gasteiger partial charge in [0.05, 0.1) is 11.4 Å². The molecule has 2 aromatic heterocycles. The van der Waals surface area contributed by atoms with Gasteiger partial charge >= 0.3 is 6.03 Å². The van der Waals surface area contributed by atoms with Gasteiger partial charge in [0.15, 0.2) is 6.61 Å². The van der Waals surface area contributed by atoms with Crippen LogP contribution in [-0.2, 0) is 16.0 Å². The standard InChI is InChI=1S/C30H37N7O4S/c1-35-9-11-36(12-10-35)13-14-37(17-23-7-8-26(32-16-23)29(38)33-27-21-42-20-25(27)31)30(39)34-28-19-40-18-24(41-28)15-22-5-3-2-4-6-22/h2-3,5,7-8,16,18,20-21H,4,6,9-15,17,19,31H2,1H3,(H,33,38). The molecule has 2 aliphatic heterocycles. The molecule has 3 N–H and O–H groups in total. The summed E-state index contributed by atoms with van der Waals surface area (Å²) in [5, 5.41) is 6.31. The highest BCUT2D eigenvalue weighted by atomic mass is 32.1. The van der Waals surface area contributed by atoms with E-state index in [1.807, 2.05) is 6.08 Å². The summed E-state index contributed by atoms with van der Waals surface area (Å²) < 4.78 is 11.5. The molecule has 11 nitrogen and oxygen atoms in total. The Balaban J connectivity index is 1.24. The number of thiophene rings is 1. The number of piperazine rings is 1. The molecule has 1 aliphatic carbocycles. The zero-order chi connectivity index (χ0) is 29.3. The van der Waals surface area contributed by atoms with Crippen LogP contribution in [-0.4, -0.2) is 90.4 Å². The zero-order valence-corrected chi connectivity index (χ0v) is 24.6. The van der Waals surface area contributed by atoms with Crippen molar-refractivity contribution >= 4 is 40.5 Å². The van der Waals surface area contributed by atoms with E-state index in [9.17, 15) is 9.59 Å². The van der Waals surface area contributed by atoms with E-state index in [2.05, 4.69) is 44.3 Å². The number of nitrogens with one attached hydrogen (secondary N) is 1. The summed E-state index contributed by atoms with van der Waals surface area (Å²) in [6, 6.07) is 3.04. The number of nitrogens with zero attached hydrogens (tertiary/aromatic N) is 5. The minimum Gasteiger partial charge on any atom is -0.488 e. The molecule has 0 saturated carbocycles. The second kappa shape index (κ2) is 14.3. The monoisotopic (exact) mass is 591 g/mol. The van der Waals surface area contributed by atoms with Gasteiger partial charge in [0, 0.05) is 69.2 Å². The van der Waals surface area contributed by atoms with Crippen molar-refractivity contribution in [3.63, 3.8) is 0 Å². The van der Waals surface area contributed by atoms with Crippen molar-refractivity contribution in [3.05, 3.63) is 76.2 Å². The highest BCUT2D eigenvalue weighted by Gasteiger charge is 2.22. The number of likely N-dealkylation sites (N-methyl/N-ethyl adjacent to an activating group) is 1. The molecular formula is C30H37N7O4S. The van der Waals surface area contributed by atoms with Crippen molar-refractivity contribution in [3.8, 4) is 0 Å². The highest BCUT2D eigenvalue weighted by molar-refractivity contribution is 7.09. The van der Waals surface area contributed by atoms with Gasteiger partial charge in [-0.3, -0.25) is 14.7 Å². The number of carbonyl (C=O) groups excluding carboxylic acids is 2. The molecule has 1 fully saturated rings. The van der Waals surface area contributed by atoms with Crippen molar-refractivity contribution in [1.82, 2.24) is 19.7 Å². The molecule has 1 saturated heterocycles. The lowest BCUT2D eigenvalue weighted by atomic mass is 10.0. The molecular weight excluding hydrogens is 554 g/mol. The van der Waals surface area contributed by atoms with Crippen LogP contribution in [0.4, 0.5) is 16.2 Å². The third kappa shape index (κ3) is 8.28. The first kappa shape index (κ1) is 29.5. The van der Waals surface area contributed by atoms with Gasteiger partial charge < -0.3 is 30.3 Å². The van der Waals surface area contributed by atoms with Crippen LogP contribution >= 0.6 is 11.3 Å². The number of carbonyl (C=O) groups is 2. The van der Waals surface area contributed by atoms with Gasteiger partial charge in [-0.15, -0.1) is 11.3 Å². The maximum atomic E-state index is 13.5. The van der Waals surface area contributed by atoms with Crippen LogP contribution < -0.4 is 11.1 Å². The second-order valence-electron chi connectivity index (χ2n) is 10.6. The number of rotatable bonds is 9. The molecule has 2 aromatic rings. The number of hydrogen-bond donors (Lipinski definition) is 2. The number of pyridine rings is 1. The quantitative estimate of drug-likeness (QED) is 0.447. The minimum absolute atomic E-state index is 0.0977. The smallest absolute Gasteiger partial charge is 0.347 e. The van der Waals surface area contributed by atoms with Gasteiger partial charge in [0.2, 0.25) is 5.90 Å². The lowest BCUT2D eigenvalue weighted by molar-refractivity contribution is 0.102. The summed E-state index contributed by atoms with van der Waals surface area (Å²) >= 11 is 1.41. The number of ether oxygens (including phenoxy) is 2. The molecule has 0 atom stereocenters. The van der Waals surface area contributed by atoms with E-state index >= 15 is 0 Å². The summed E-state index contributed by atoms with van der Waals surface area (Å²) in [5.74, 6) is 0.534. The topological polar surface area (TPSA) is 126 Å². The number of urea groups is 1. The van der Waals surface area contributed by atoms with E-state index in [1.165, 1.54) is 16.9 Å². The van der Waals surface area contributed by atoms with E-state index in [4.69, 9.17) is 15.2 Å². The molecule has 222 valence electrons. The predicted molar refractivity (Wildman–Crippen MR) is 164 cm³/mol. The van der Waals surface area contributed by atoms with E-state index in [-0.39, 0.29) is 24.1 Å². The third-order valence-corrected chi connectivity index (χ3v) is 8.08. The molecule has 3 amide bonds. The Bertz CT molecular complexity index is 1370. The van der Waals surface area contributed by atoms with Gasteiger partial charge in [-0.1, -0.05) is 29.9 Å². The Morgan fingerprint density at radius 3 is 2.79 bits per heavy atom. The fraction of sp³-hybridized carbons (Fsp3) is 0.400. The molecule has 5 rings (SSSR count). The van der Waals surface area contributed by atoms with Crippen LogP contribution in [0.3, 0.4) is 0 Å². The fourth-order valence-corrected chi connectivity index (χ4v) is 5.46. The first-order valence-corrected chi connectivity index (χ1v) is 15.1. The Kier molecular flexibility index (Phi) is 10.0. The number of anilines is 2. The van der Waals surface area contributed by atoms with Crippen LogP contribution in [0.2, 0.25) is 0 Å². The van der Waals surface area contributed by atoms with Crippen molar-refractivity contribution in [2.75, 3.05) is 64.0 Å². The van der Waals surface area contributed by atoms with Crippen LogP contribution in [0.5, 0.6) is 0 Å². The van der Waals surface area contributed by atoms with Crippen molar-refractivity contribution in [2.45, 2.75) is 25.8 Å². The van der Waals surface area contributed by atoms with E-state index in [0.29, 0.717) is 36.6 Å². The number of allylic oxidation sites excluding steroid dienone is 4. The van der Waals surface area contributed by atoms with Crippen molar-refractivity contribution in [2.24, 2.45) is 4.99 Å². The first-order valence-electron chi connectivity index (χ1n) is 14.1. The van der Waals surface area contributed by atoms with Crippen molar-refractivity contribution in [1.29, 1.82) is 0 Å². The lowest BCUT2D eigenvalue weighted by Gasteiger charge is -2.33. The summed E-state index contributed by atoms with van der Waals surface area (Å²) in [5.41, 5.74) is 9.25. The molecule has 0 bridgehead atoms. The molecule has 0 spiro atoms. The van der Waals surface area contributed by atoms with Gasteiger partial charge in [-0.25, -0.2) is 4.79 Å². The van der Waals surface area contributed by atoms with E-state index in [1.54, 1.807) is 40.3 Å². The van der Waals surface area contributed by atoms with Gasteiger partial charge in [-0.2, -0.15) is 4.99 Å². The number of amides is 3. The number of nitrogen functional groups attached to an aromatic ring is 1. The Labute approximate surface area is 250 Å². The molecule has 3 aliphatic rings. The average Bonchev–Trinajstić information content (AvgIpc) is 3.40. The fourth-order valence-electron chi connectivity index (χ4n) is 4.79. The number of aromatic nitrogens is 1. The van der Waals surface area contributed by atoms with Crippen molar-refractivity contribution < 1.29 is 19.1 Å². The summed E-state index contributed by atoms with van der Waals surface area (Å²) in [7, 11) is 2.12. The summed E-state index contributed by atoms with van der Waals surface area (Å²) in [4.78, 5) is 41.1. The molecule has 4 heterocycles. The molecule has 42 heavy (non-hydrogen) atoms. The van der Waals surface area contributed by atoms with Gasteiger partial charge in [-0.05, 0) is 31.5 Å². The van der Waals surface area contributed by atoms with Gasteiger partial charge in [0.1, 0.15) is 17.7 Å². The SMILES string of the molecule is CN1CCN(CCN(Cc2ccc(C(=O)Nc3cscc3N)nc2)C(=O)N=C2COC=C(CC3=CC=CCC3)O2)CC1. The predicted octanol–water partition coefficient (Wildman–Crippen LogP) is 4.10. The molecule has 0 unspecified atom stereocenters. The Morgan fingerprint density at radius 2 is 2.07 bits per heavy atom. The second-order valence-corrected chi connectivity index (χ2v) is 11.3. The number of hydrogen-bond acceptors (Lipinski definition) is 9. The summed E-state index contributed by atoms with van der Waals surface area (Å²) in [6.07, 6.45) is 12.1. The molecule has 0 radical (unpaired) electrons. The van der Waals surface area contributed by atoms with Crippen LogP contribution in [0.15, 0.2) is 69.9 Å². The van der Waals surface area contributed by atoms with Crippen LogP contribution in [0, 0.1) is 0 Å². The number of aliphatic imine (C=N–C) groups is 1. The lowest BCUT2D eigenvalue weighted by Crippen LogP contribution is -2.47. The number of nitrogens with two attached hydrogens (primary N) is 1. The van der Waals surface area contributed by atoms with Crippen LogP contribution in [0.25, 0.3) is 0 Å². The molecule has 12 heteroatoms. The normalized spacial score (nSPS) is 18.5. The summed E-state index contributed by atoms with van der Waals surface area (Å²) in [6.45, 7) is 5.48. The third-order valence-electron chi connectivity index (χ3n) is 7.32. The largest absolute Gasteiger partial charge is 0.488 e. The molecule has 0 aromatic carbocycles. The highest BCUT2D eigenvalue weighted by Crippen LogP contribution is 2.24. The zero-order valence-electron chi connectivity index (χ0n) is 23.8. The first-order chi connectivity index (χ1) is 20.4. The maximum Gasteiger partial charge on any atom is 0.347 e. The van der Waals surface area contributed by atoms with E-state index < -0.39 is 6.03 Å². The van der Waals surface area contributed by atoms with E-state index in [0.717, 1.165) is 51.1 Å².